The highest BCUT2D eigenvalue weighted by molar-refractivity contribution is 9.10. The molecule has 1 aromatic carbocycles. The van der Waals surface area contributed by atoms with E-state index in [0.717, 1.165) is 0 Å². The molecule has 1 aromatic rings. The summed E-state index contributed by atoms with van der Waals surface area (Å²) in [6.07, 6.45) is 3.01. The molecule has 0 aliphatic carbocycles. The molecule has 2 N–H and O–H groups in total. The fraction of sp³-hybridized carbons (Fsp3) is 0.300. The molecule has 0 aliphatic heterocycles. The van der Waals surface area contributed by atoms with Crippen LogP contribution in [0.15, 0.2) is 27.8 Å². The summed E-state index contributed by atoms with van der Waals surface area (Å²) in [5, 5.41) is 12.4. The highest BCUT2D eigenvalue weighted by Gasteiger charge is 2.02. The van der Waals surface area contributed by atoms with E-state index in [1.54, 1.807) is 18.3 Å². The second kappa shape index (κ2) is 6.53. The van der Waals surface area contributed by atoms with Crippen LogP contribution < -0.4 is 5.43 Å². The van der Waals surface area contributed by atoms with Crippen LogP contribution in [0.1, 0.15) is 12.8 Å². The number of unbranched alkanes of at least 4 members (excludes halogenated alkanes) is 1. The number of anilines is 1. The van der Waals surface area contributed by atoms with Gasteiger partial charge in [0, 0.05) is 12.8 Å². The van der Waals surface area contributed by atoms with Gasteiger partial charge in [-0.25, -0.2) is 4.39 Å². The SMILES string of the molecule is OCCC/C=N\Nc1cccc(F)c1Br. The largest absolute Gasteiger partial charge is 0.396 e. The van der Waals surface area contributed by atoms with Gasteiger partial charge in [-0.05, 0) is 40.9 Å². The Kier molecular flexibility index (Phi) is 5.28. The summed E-state index contributed by atoms with van der Waals surface area (Å²) < 4.78 is 13.4. The van der Waals surface area contributed by atoms with Crippen LogP contribution >= 0.6 is 15.9 Å². The third-order valence-corrected chi connectivity index (χ3v) is 2.53. The van der Waals surface area contributed by atoms with Crippen molar-refractivity contribution in [2.45, 2.75) is 12.8 Å². The topological polar surface area (TPSA) is 44.6 Å². The normalized spacial score (nSPS) is 10.9. The number of nitrogens with zero attached hydrogens (tertiary/aromatic N) is 1. The van der Waals surface area contributed by atoms with Crippen LogP contribution in [0.5, 0.6) is 0 Å². The number of aliphatic hydroxyl groups is 1. The highest BCUT2D eigenvalue weighted by Crippen LogP contribution is 2.24. The molecule has 0 saturated heterocycles. The van der Waals surface area contributed by atoms with Crippen LogP contribution in [0.25, 0.3) is 0 Å². The van der Waals surface area contributed by atoms with Gasteiger partial charge in [0.2, 0.25) is 0 Å². The molecule has 0 unspecified atom stereocenters. The van der Waals surface area contributed by atoms with Crippen molar-refractivity contribution in [3.8, 4) is 0 Å². The lowest BCUT2D eigenvalue weighted by atomic mass is 10.3. The van der Waals surface area contributed by atoms with Gasteiger partial charge in [0.15, 0.2) is 0 Å². The number of hydrazone groups is 1. The van der Waals surface area contributed by atoms with E-state index in [1.165, 1.54) is 6.07 Å². The predicted octanol–water partition coefficient (Wildman–Crippen LogP) is 2.76. The molecule has 1 rings (SSSR count). The van der Waals surface area contributed by atoms with Gasteiger partial charge in [0.05, 0.1) is 10.2 Å². The molecule has 0 fully saturated rings. The molecular formula is C10H12BrFN2O. The van der Waals surface area contributed by atoms with E-state index in [9.17, 15) is 4.39 Å². The number of hydrogen-bond acceptors (Lipinski definition) is 3. The summed E-state index contributed by atoms with van der Waals surface area (Å²) in [6.45, 7) is 0.148. The molecule has 15 heavy (non-hydrogen) atoms. The Morgan fingerprint density at radius 1 is 1.53 bits per heavy atom. The molecule has 0 bridgehead atoms. The van der Waals surface area contributed by atoms with Crippen molar-refractivity contribution in [3.05, 3.63) is 28.5 Å². The maximum absolute atomic E-state index is 13.0. The first-order chi connectivity index (χ1) is 7.25. The Morgan fingerprint density at radius 2 is 2.33 bits per heavy atom. The van der Waals surface area contributed by atoms with Gasteiger partial charge in [0.25, 0.3) is 0 Å². The molecule has 0 spiro atoms. The number of rotatable bonds is 5. The Morgan fingerprint density at radius 3 is 3.07 bits per heavy atom. The molecule has 0 aromatic heterocycles. The molecule has 0 amide bonds. The highest BCUT2D eigenvalue weighted by atomic mass is 79.9. The summed E-state index contributed by atoms with van der Waals surface area (Å²) in [4.78, 5) is 0. The number of hydrogen-bond donors (Lipinski definition) is 2. The van der Waals surface area contributed by atoms with E-state index < -0.39 is 0 Å². The Bertz CT molecular complexity index is 344. The summed E-state index contributed by atoms with van der Waals surface area (Å²) in [5.74, 6) is -0.328. The van der Waals surface area contributed by atoms with Crippen LogP contribution in [0.4, 0.5) is 10.1 Å². The summed E-state index contributed by atoms with van der Waals surface area (Å²) in [7, 11) is 0. The van der Waals surface area contributed by atoms with Crippen molar-refractivity contribution in [2.24, 2.45) is 5.10 Å². The number of halogens is 2. The minimum Gasteiger partial charge on any atom is -0.396 e. The third kappa shape index (κ3) is 3.97. The molecule has 0 radical (unpaired) electrons. The van der Waals surface area contributed by atoms with Crippen molar-refractivity contribution in [3.63, 3.8) is 0 Å². The Labute approximate surface area is 96.1 Å². The van der Waals surface area contributed by atoms with E-state index in [2.05, 4.69) is 26.5 Å². The molecule has 0 saturated carbocycles. The predicted molar refractivity (Wildman–Crippen MR) is 62.5 cm³/mol. The van der Waals surface area contributed by atoms with Crippen LogP contribution in [-0.4, -0.2) is 17.9 Å². The van der Waals surface area contributed by atoms with Crippen LogP contribution in [0, 0.1) is 5.82 Å². The third-order valence-electron chi connectivity index (χ3n) is 1.72. The summed E-state index contributed by atoms with van der Waals surface area (Å²) >= 11 is 3.11. The fourth-order valence-electron chi connectivity index (χ4n) is 0.952. The minimum atomic E-state index is -0.328. The molecule has 0 aliphatic rings. The lowest BCUT2D eigenvalue weighted by Gasteiger charge is -2.03. The van der Waals surface area contributed by atoms with Gasteiger partial charge in [-0.1, -0.05) is 6.07 Å². The van der Waals surface area contributed by atoms with Crippen molar-refractivity contribution in [1.29, 1.82) is 0 Å². The first kappa shape index (κ1) is 12.1. The van der Waals surface area contributed by atoms with Crippen molar-refractivity contribution < 1.29 is 9.50 Å². The van der Waals surface area contributed by atoms with Gasteiger partial charge < -0.3 is 5.11 Å². The quantitative estimate of drug-likeness (QED) is 0.493. The second-order valence-corrected chi connectivity index (χ2v) is 3.68. The second-order valence-electron chi connectivity index (χ2n) is 2.89. The van der Waals surface area contributed by atoms with Gasteiger partial charge in [-0.3, -0.25) is 5.43 Å². The smallest absolute Gasteiger partial charge is 0.139 e. The first-order valence-electron chi connectivity index (χ1n) is 4.58. The summed E-state index contributed by atoms with van der Waals surface area (Å²) in [5.41, 5.74) is 3.29. The maximum atomic E-state index is 13.0. The Hall–Kier alpha value is -0.940. The van der Waals surface area contributed by atoms with E-state index in [0.29, 0.717) is 23.0 Å². The summed E-state index contributed by atoms with van der Waals surface area (Å²) in [6, 6.07) is 4.69. The van der Waals surface area contributed by atoms with E-state index in [4.69, 9.17) is 5.11 Å². The van der Waals surface area contributed by atoms with E-state index in [-0.39, 0.29) is 12.4 Å². The molecule has 3 nitrogen and oxygen atoms in total. The monoisotopic (exact) mass is 274 g/mol. The maximum Gasteiger partial charge on any atom is 0.139 e. The zero-order valence-electron chi connectivity index (χ0n) is 8.08. The minimum absolute atomic E-state index is 0.148. The molecular weight excluding hydrogens is 263 g/mol. The van der Waals surface area contributed by atoms with Crippen molar-refractivity contribution in [2.75, 3.05) is 12.0 Å². The molecule has 0 heterocycles. The van der Waals surface area contributed by atoms with Gasteiger partial charge in [-0.15, -0.1) is 0 Å². The first-order valence-corrected chi connectivity index (χ1v) is 5.37. The zero-order valence-corrected chi connectivity index (χ0v) is 9.67. The zero-order chi connectivity index (χ0) is 11.1. The number of aliphatic hydroxyl groups excluding tert-OH is 1. The molecule has 82 valence electrons. The van der Waals surface area contributed by atoms with Gasteiger partial charge in [-0.2, -0.15) is 5.10 Å². The van der Waals surface area contributed by atoms with Crippen LogP contribution in [0.3, 0.4) is 0 Å². The average molecular weight is 275 g/mol. The molecule has 0 atom stereocenters. The standard InChI is InChI=1S/C10H12BrFN2O/c11-10-8(12)4-3-5-9(10)14-13-6-1-2-7-15/h3-6,14-15H,1-2,7H2/b13-6-. The average Bonchev–Trinajstić information content (AvgIpc) is 2.24. The van der Waals surface area contributed by atoms with Crippen molar-refractivity contribution >= 4 is 27.8 Å². The Balaban J connectivity index is 2.50. The van der Waals surface area contributed by atoms with Gasteiger partial charge in [0.1, 0.15) is 5.82 Å². The lowest BCUT2D eigenvalue weighted by molar-refractivity contribution is 0.291. The number of benzene rings is 1. The lowest BCUT2D eigenvalue weighted by Crippen LogP contribution is -1.93. The number of nitrogens with one attached hydrogen (secondary N) is 1. The van der Waals surface area contributed by atoms with E-state index >= 15 is 0 Å². The van der Waals surface area contributed by atoms with Crippen molar-refractivity contribution in [1.82, 2.24) is 0 Å². The molecule has 5 heteroatoms. The fourth-order valence-corrected chi connectivity index (χ4v) is 1.31. The van der Waals surface area contributed by atoms with Crippen LogP contribution in [-0.2, 0) is 0 Å². The van der Waals surface area contributed by atoms with Gasteiger partial charge >= 0.3 is 0 Å². The van der Waals surface area contributed by atoms with E-state index in [1.807, 2.05) is 0 Å². The van der Waals surface area contributed by atoms with Crippen LogP contribution in [0.2, 0.25) is 0 Å².